The monoisotopic (exact) mass is 410 g/mol. The molecule has 0 aromatic rings. The molecule has 3 rings (SSSR count). The van der Waals surface area contributed by atoms with E-state index in [1.165, 1.54) is 5.57 Å². The van der Waals surface area contributed by atoms with Crippen molar-refractivity contribution in [2.75, 3.05) is 45.9 Å². The highest BCUT2D eigenvalue weighted by Gasteiger charge is 2.59. The van der Waals surface area contributed by atoms with Crippen LogP contribution in [0, 0.1) is 23.2 Å². The van der Waals surface area contributed by atoms with Crippen LogP contribution in [0.2, 0.25) is 0 Å². The summed E-state index contributed by atoms with van der Waals surface area (Å²) in [5.74, 6) is -0.262. The summed E-state index contributed by atoms with van der Waals surface area (Å²) in [5.41, 5.74) is 1.00. The van der Waals surface area contributed by atoms with Crippen molar-refractivity contribution in [3.63, 3.8) is 0 Å². The van der Waals surface area contributed by atoms with Crippen LogP contribution in [-0.4, -0.2) is 84.3 Å². The van der Waals surface area contributed by atoms with Gasteiger partial charge in [-0.05, 0) is 38.3 Å². The quantitative estimate of drug-likeness (QED) is 0.237. The molecule has 0 bridgehead atoms. The van der Waals surface area contributed by atoms with Crippen molar-refractivity contribution in [3.8, 4) is 0 Å². The minimum Gasteiger partial charge on any atom is -0.461 e. The van der Waals surface area contributed by atoms with Gasteiger partial charge in [0, 0.05) is 37.4 Å². The molecule has 7 heteroatoms. The lowest BCUT2D eigenvalue weighted by Crippen LogP contribution is -2.54. The summed E-state index contributed by atoms with van der Waals surface area (Å²) in [6, 6.07) is 0. The van der Waals surface area contributed by atoms with Gasteiger partial charge in [-0.1, -0.05) is 25.5 Å². The molecule has 29 heavy (non-hydrogen) atoms. The highest BCUT2D eigenvalue weighted by atomic mass is 16.6. The zero-order valence-corrected chi connectivity index (χ0v) is 17.8. The van der Waals surface area contributed by atoms with Crippen LogP contribution >= 0.6 is 0 Å². The maximum Gasteiger partial charge on any atom is 0.311 e. The van der Waals surface area contributed by atoms with Gasteiger partial charge in [-0.25, -0.2) is 0 Å². The molecule has 4 N–H and O–H groups in total. The van der Waals surface area contributed by atoms with E-state index >= 15 is 0 Å². The van der Waals surface area contributed by atoms with Gasteiger partial charge in [0.25, 0.3) is 0 Å². The fourth-order valence-electron chi connectivity index (χ4n) is 5.60. The highest BCUT2D eigenvalue weighted by molar-refractivity contribution is 5.76. The van der Waals surface area contributed by atoms with Crippen LogP contribution in [0.1, 0.15) is 39.5 Å². The lowest BCUT2D eigenvalue weighted by Gasteiger charge is -2.51. The van der Waals surface area contributed by atoms with Gasteiger partial charge in [0.15, 0.2) is 0 Å². The van der Waals surface area contributed by atoms with E-state index < -0.39 is 6.10 Å². The lowest BCUT2D eigenvalue weighted by atomic mass is 9.55. The first-order chi connectivity index (χ1) is 13.9. The number of aliphatic hydroxyl groups excluding tert-OH is 3. The standard InChI is InChI=1S/C22H38N2O5/c1-15-5-3-6-16-13-18-19(20(27)22(15,16)2)17(21(28)29-18)14-23-7-4-8-24(9-11-25)10-12-26/h6,15,17-20,23,25-27H,3-5,7-14H2,1-2H3/t15-,17-,18+,19+,20-,22+/m0/s1. The molecule has 1 aliphatic heterocycles. The van der Waals surface area contributed by atoms with Crippen LogP contribution in [0.25, 0.3) is 0 Å². The van der Waals surface area contributed by atoms with E-state index in [1.54, 1.807) is 0 Å². The van der Waals surface area contributed by atoms with E-state index in [-0.39, 0.29) is 42.5 Å². The lowest BCUT2D eigenvalue weighted by molar-refractivity contribution is -0.144. The number of nitrogens with one attached hydrogen (secondary N) is 1. The number of hydrogen-bond donors (Lipinski definition) is 4. The van der Waals surface area contributed by atoms with E-state index in [9.17, 15) is 9.90 Å². The van der Waals surface area contributed by atoms with Gasteiger partial charge in [0.05, 0.1) is 25.2 Å². The van der Waals surface area contributed by atoms with Gasteiger partial charge < -0.3 is 25.4 Å². The second-order valence-electron chi connectivity index (χ2n) is 9.15. The Kier molecular flexibility index (Phi) is 7.73. The Morgan fingerprint density at radius 2 is 2.00 bits per heavy atom. The van der Waals surface area contributed by atoms with E-state index in [0.29, 0.717) is 25.6 Å². The number of esters is 1. The fraction of sp³-hybridized carbons (Fsp3) is 0.864. The maximum atomic E-state index is 12.6. The van der Waals surface area contributed by atoms with Gasteiger partial charge in [-0.2, -0.15) is 0 Å². The predicted octanol–water partition coefficient (Wildman–Crippen LogP) is 0.538. The maximum absolute atomic E-state index is 12.6. The van der Waals surface area contributed by atoms with Crippen molar-refractivity contribution in [1.82, 2.24) is 10.2 Å². The number of ether oxygens (including phenoxy) is 1. The topological polar surface area (TPSA) is 102 Å². The Labute approximate surface area is 174 Å². The Hall–Kier alpha value is -0.990. The number of rotatable bonds is 10. The molecule has 1 heterocycles. The molecule has 0 unspecified atom stereocenters. The second-order valence-corrected chi connectivity index (χ2v) is 9.15. The van der Waals surface area contributed by atoms with Gasteiger partial charge in [-0.15, -0.1) is 0 Å². The summed E-state index contributed by atoms with van der Waals surface area (Å²) in [4.78, 5) is 14.6. The normalized spacial score (nSPS) is 36.6. The molecule has 166 valence electrons. The van der Waals surface area contributed by atoms with Crippen LogP contribution in [0.5, 0.6) is 0 Å². The highest BCUT2D eigenvalue weighted by Crippen LogP contribution is 2.55. The molecular formula is C22H38N2O5. The Balaban J connectivity index is 1.55. The third kappa shape index (κ3) is 4.54. The molecule has 6 atom stereocenters. The largest absolute Gasteiger partial charge is 0.461 e. The molecule has 0 spiro atoms. The minimum atomic E-state index is -0.564. The first-order valence-corrected chi connectivity index (χ1v) is 11.2. The van der Waals surface area contributed by atoms with Crippen molar-refractivity contribution >= 4 is 5.97 Å². The van der Waals surface area contributed by atoms with Crippen molar-refractivity contribution in [3.05, 3.63) is 11.6 Å². The second kappa shape index (κ2) is 9.88. The average molecular weight is 411 g/mol. The van der Waals surface area contributed by atoms with E-state index in [4.69, 9.17) is 14.9 Å². The average Bonchev–Trinajstić information content (AvgIpc) is 3.00. The first kappa shape index (κ1) is 22.7. The van der Waals surface area contributed by atoms with Crippen molar-refractivity contribution in [2.45, 2.75) is 51.7 Å². The summed E-state index contributed by atoms with van der Waals surface area (Å²) < 4.78 is 5.69. The third-order valence-corrected chi connectivity index (χ3v) is 7.59. The number of carbonyl (C=O) groups is 1. The molecule has 7 nitrogen and oxygen atoms in total. The number of allylic oxidation sites excluding steroid dienone is 1. The summed E-state index contributed by atoms with van der Waals surface area (Å²) in [7, 11) is 0. The molecule has 2 fully saturated rings. The fourth-order valence-corrected chi connectivity index (χ4v) is 5.60. The van der Waals surface area contributed by atoms with Gasteiger partial charge in [-0.3, -0.25) is 9.69 Å². The van der Waals surface area contributed by atoms with Crippen molar-refractivity contribution in [1.29, 1.82) is 0 Å². The van der Waals surface area contributed by atoms with E-state index in [0.717, 1.165) is 38.8 Å². The number of aliphatic hydroxyl groups is 3. The Morgan fingerprint density at radius 3 is 2.69 bits per heavy atom. The molecule has 1 saturated heterocycles. The Morgan fingerprint density at radius 1 is 1.28 bits per heavy atom. The smallest absolute Gasteiger partial charge is 0.311 e. The number of fused-ring (bicyclic) bond motifs is 2. The SMILES string of the molecule is C[C@H]1CCC=C2C[C@H]3OC(=O)[C@@H](CNCCCN(CCO)CCO)[C@H]3[C@H](O)[C@@]21C. The number of carbonyl (C=O) groups excluding carboxylic acids is 1. The van der Waals surface area contributed by atoms with Crippen LogP contribution < -0.4 is 5.32 Å². The van der Waals surface area contributed by atoms with Crippen molar-refractivity contribution in [2.24, 2.45) is 23.2 Å². The van der Waals surface area contributed by atoms with Gasteiger partial charge in [0.1, 0.15) is 6.10 Å². The number of nitrogens with zero attached hydrogens (tertiary/aromatic N) is 1. The molecule has 3 aliphatic rings. The zero-order chi connectivity index (χ0) is 21.0. The summed E-state index contributed by atoms with van der Waals surface area (Å²) in [6.07, 6.45) is 5.21. The van der Waals surface area contributed by atoms with Crippen LogP contribution in [0.3, 0.4) is 0 Å². The molecule has 0 radical (unpaired) electrons. The molecule has 0 aromatic heterocycles. The molecule has 0 aromatic carbocycles. The predicted molar refractivity (Wildman–Crippen MR) is 110 cm³/mol. The summed E-state index contributed by atoms with van der Waals surface area (Å²) >= 11 is 0. The van der Waals surface area contributed by atoms with E-state index in [1.807, 2.05) is 4.90 Å². The van der Waals surface area contributed by atoms with Crippen LogP contribution in [0.15, 0.2) is 11.6 Å². The van der Waals surface area contributed by atoms with Gasteiger partial charge in [0.2, 0.25) is 0 Å². The summed E-state index contributed by atoms with van der Waals surface area (Å²) in [6.45, 7) is 7.67. The molecule has 0 amide bonds. The first-order valence-electron chi connectivity index (χ1n) is 11.2. The van der Waals surface area contributed by atoms with Crippen molar-refractivity contribution < 1.29 is 24.9 Å². The third-order valence-electron chi connectivity index (χ3n) is 7.59. The van der Waals surface area contributed by atoms with Crippen LogP contribution in [0.4, 0.5) is 0 Å². The minimum absolute atomic E-state index is 0.0793. The molecule has 2 aliphatic carbocycles. The zero-order valence-electron chi connectivity index (χ0n) is 17.8. The summed E-state index contributed by atoms with van der Waals surface area (Å²) in [5, 5.41) is 32.9. The molecule has 1 saturated carbocycles. The van der Waals surface area contributed by atoms with Gasteiger partial charge >= 0.3 is 5.97 Å². The molecular weight excluding hydrogens is 372 g/mol. The Bertz CT molecular complexity index is 592. The van der Waals surface area contributed by atoms with Crippen LogP contribution in [-0.2, 0) is 9.53 Å². The van der Waals surface area contributed by atoms with E-state index in [2.05, 4.69) is 25.2 Å². The number of hydrogen-bond acceptors (Lipinski definition) is 7.